The van der Waals surface area contributed by atoms with Gasteiger partial charge in [0.2, 0.25) is 0 Å². The fourth-order valence-corrected chi connectivity index (χ4v) is 0.994. The molecule has 0 spiro atoms. The molecule has 82 valence electrons. The summed E-state index contributed by atoms with van der Waals surface area (Å²) in [4.78, 5) is 30.6. The van der Waals surface area contributed by atoms with E-state index >= 15 is 0 Å². The molecule has 0 bridgehead atoms. The van der Waals surface area contributed by atoms with Gasteiger partial charge in [-0.3, -0.25) is 9.59 Å². The standard InChI is InChI=1S/C9H14N4O2/c1-13(2)4-3-11-8(14)7-5-10-6-12-9(7)15/h5-6H,3-4H2,1-2H3,(H,11,14)(H,10,12,15). The Hall–Kier alpha value is -1.69. The Bertz CT molecular complexity index is 386. The van der Waals surface area contributed by atoms with Crippen molar-refractivity contribution in [3.8, 4) is 0 Å². The molecule has 0 aliphatic rings. The minimum Gasteiger partial charge on any atom is -0.351 e. The molecule has 0 aliphatic carbocycles. The summed E-state index contributed by atoms with van der Waals surface area (Å²) >= 11 is 0. The summed E-state index contributed by atoms with van der Waals surface area (Å²) in [6, 6.07) is 0. The van der Waals surface area contributed by atoms with Gasteiger partial charge in [-0.25, -0.2) is 4.98 Å². The highest BCUT2D eigenvalue weighted by molar-refractivity contribution is 5.93. The summed E-state index contributed by atoms with van der Waals surface area (Å²) in [6.45, 7) is 1.23. The molecule has 1 aromatic heterocycles. The number of likely N-dealkylation sites (N-methyl/N-ethyl adjacent to an activating group) is 1. The maximum absolute atomic E-state index is 11.5. The van der Waals surface area contributed by atoms with E-state index in [0.717, 1.165) is 6.54 Å². The van der Waals surface area contributed by atoms with Gasteiger partial charge in [0.25, 0.3) is 11.5 Å². The third-order valence-corrected chi connectivity index (χ3v) is 1.81. The van der Waals surface area contributed by atoms with Gasteiger partial charge in [0, 0.05) is 19.3 Å². The maximum Gasteiger partial charge on any atom is 0.263 e. The molecule has 0 radical (unpaired) electrons. The van der Waals surface area contributed by atoms with Crippen LogP contribution in [0.15, 0.2) is 17.3 Å². The van der Waals surface area contributed by atoms with E-state index in [1.54, 1.807) is 0 Å². The molecule has 1 amide bonds. The lowest BCUT2D eigenvalue weighted by atomic mass is 10.3. The number of aromatic amines is 1. The fraction of sp³-hybridized carbons (Fsp3) is 0.444. The largest absolute Gasteiger partial charge is 0.351 e. The quantitative estimate of drug-likeness (QED) is 0.672. The number of rotatable bonds is 4. The number of nitrogens with one attached hydrogen (secondary N) is 2. The highest BCUT2D eigenvalue weighted by atomic mass is 16.2. The number of amides is 1. The molecule has 1 rings (SSSR count). The van der Waals surface area contributed by atoms with E-state index in [9.17, 15) is 9.59 Å². The zero-order chi connectivity index (χ0) is 11.3. The normalized spacial score (nSPS) is 10.3. The van der Waals surface area contributed by atoms with Gasteiger partial charge < -0.3 is 15.2 Å². The van der Waals surface area contributed by atoms with Crippen LogP contribution in [0.2, 0.25) is 0 Å². The van der Waals surface area contributed by atoms with Gasteiger partial charge in [-0.15, -0.1) is 0 Å². The van der Waals surface area contributed by atoms with Crippen LogP contribution in [0, 0.1) is 0 Å². The summed E-state index contributed by atoms with van der Waals surface area (Å²) in [7, 11) is 3.81. The second-order valence-corrected chi connectivity index (χ2v) is 3.35. The summed E-state index contributed by atoms with van der Waals surface area (Å²) in [5, 5.41) is 2.63. The Morgan fingerprint density at radius 2 is 2.33 bits per heavy atom. The highest BCUT2D eigenvalue weighted by Crippen LogP contribution is 1.85. The number of nitrogens with zero attached hydrogens (tertiary/aromatic N) is 2. The maximum atomic E-state index is 11.5. The van der Waals surface area contributed by atoms with Crippen LogP contribution in [0.5, 0.6) is 0 Å². The molecule has 6 heteroatoms. The van der Waals surface area contributed by atoms with E-state index in [0.29, 0.717) is 6.54 Å². The van der Waals surface area contributed by atoms with E-state index in [1.807, 2.05) is 19.0 Å². The highest BCUT2D eigenvalue weighted by Gasteiger charge is 2.08. The first-order valence-electron chi connectivity index (χ1n) is 4.57. The van der Waals surface area contributed by atoms with Crippen molar-refractivity contribution < 1.29 is 4.79 Å². The minimum atomic E-state index is -0.424. The number of carbonyl (C=O) groups excluding carboxylic acids is 1. The topological polar surface area (TPSA) is 78.1 Å². The average molecular weight is 210 g/mol. The van der Waals surface area contributed by atoms with Gasteiger partial charge in [0.05, 0.1) is 6.33 Å². The fourth-order valence-electron chi connectivity index (χ4n) is 0.994. The number of hydrogen-bond donors (Lipinski definition) is 2. The zero-order valence-electron chi connectivity index (χ0n) is 8.78. The van der Waals surface area contributed by atoms with Crippen LogP contribution >= 0.6 is 0 Å². The first-order chi connectivity index (χ1) is 7.11. The summed E-state index contributed by atoms with van der Waals surface area (Å²) in [5.41, 5.74) is -0.386. The van der Waals surface area contributed by atoms with Crippen LogP contribution in [0.4, 0.5) is 0 Å². The smallest absolute Gasteiger partial charge is 0.263 e. The van der Waals surface area contributed by atoms with Gasteiger partial charge in [0.1, 0.15) is 5.56 Å². The molecule has 1 heterocycles. The SMILES string of the molecule is CN(C)CCNC(=O)c1cnc[nH]c1=O. The number of hydrogen-bond acceptors (Lipinski definition) is 4. The van der Waals surface area contributed by atoms with E-state index in [1.165, 1.54) is 12.5 Å². The number of aromatic nitrogens is 2. The van der Waals surface area contributed by atoms with Crippen LogP contribution in [-0.4, -0.2) is 48.0 Å². The van der Waals surface area contributed by atoms with Crippen LogP contribution in [0.3, 0.4) is 0 Å². The third kappa shape index (κ3) is 3.51. The molecule has 0 fully saturated rings. The lowest BCUT2D eigenvalue weighted by molar-refractivity contribution is 0.0949. The third-order valence-electron chi connectivity index (χ3n) is 1.81. The van der Waals surface area contributed by atoms with Gasteiger partial charge in [0.15, 0.2) is 0 Å². The predicted molar refractivity (Wildman–Crippen MR) is 55.7 cm³/mol. The lowest BCUT2D eigenvalue weighted by Crippen LogP contribution is -2.34. The van der Waals surface area contributed by atoms with Crippen molar-refractivity contribution in [2.24, 2.45) is 0 Å². The molecule has 0 saturated carbocycles. The Labute approximate surface area is 87.3 Å². The molecule has 0 atom stereocenters. The lowest BCUT2D eigenvalue weighted by Gasteiger charge is -2.09. The van der Waals surface area contributed by atoms with Gasteiger partial charge in [-0.2, -0.15) is 0 Å². The molecule has 2 N–H and O–H groups in total. The van der Waals surface area contributed by atoms with E-state index in [4.69, 9.17) is 0 Å². The zero-order valence-corrected chi connectivity index (χ0v) is 8.78. The van der Waals surface area contributed by atoms with Crippen molar-refractivity contribution in [3.05, 3.63) is 28.4 Å². The van der Waals surface area contributed by atoms with Crippen molar-refractivity contribution in [2.75, 3.05) is 27.2 Å². The van der Waals surface area contributed by atoms with Crippen molar-refractivity contribution in [1.29, 1.82) is 0 Å². The van der Waals surface area contributed by atoms with E-state index in [2.05, 4.69) is 15.3 Å². The molecule has 0 saturated heterocycles. The predicted octanol–water partition coefficient (Wildman–Crippen LogP) is -0.939. The Morgan fingerprint density at radius 1 is 1.60 bits per heavy atom. The summed E-state index contributed by atoms with van der Waals surface area (Å²) in [5.74, 6) is -0.397. The molecular formula is C9H14N4O2. The second kappa shape index (κ2) is 5.26. The van der Waals surface area contributed by atoms with Crippen LogP contribution in [0.25, 0.3) is 0 Å². The second-order valence-electron chi connectivity index (χ2n) is 3.35. The molecule has 0 unspecified atom stereocenters. The van der Waals surface area contributed by atoms with Crippen molar-refractivity contribution >= 4 is 5.91 Å². The molecule has 15 heavy (non-hydrogen) atoms. The molecular weight excluding hydrogens is 196 g/mol. The van der Waals surface area contributed by atoms with E-state index < -0.39 is 11.5 Å². The Balaban J connectivity index is 2.55. The van der Waals surface area contributed by atoms with Gasteiger partial charge in [-0.05, 0) is 14.1 Å². The van der Waals surface area contributed by atoms with Crippen molar-refractivity contribution in [3.63, 3.8) is 0 Å². The molecule has 0 aromatic carbocycles. The molecule has 0 aliphatic heterocycles. The molecule has 1 aromatic rings. The van der Waals surface area contributed by atoms with Crippen LogP contribution in [-0.2, 0) is 0 Å². The monoisotopic (exact) mass is 210 g/mol. The summed E-state index contributed by atoms with van der Waals surface area (Å²) in [6.07, 6.45) is 2.50. The minimum absolute atomic E-state index is 0.0382. The summed E-state index contributed by atoms with van der Waals surface area (Å²) < 4.78 is 0. The Morgan fingerprint density at radius 3 is 2.93 bits per heavy atom. The number of H-pyrrole nitrogens is 1. The Kier molecular flexibility index (Phi) is 3.99. The van der Waals surface area contributed by atoms with Gasteiger partial charge in [-0.1, -0.05) is 0 Å². The average Bonchev–Trinajstić information content (AvgIpc) is 2.17. The van der Waals surface area contributed by atoms with Crippen molar-refractivity contribution in [1.82, 2.24) is 20.2 Å². The van der Waals surface area contributed by atoms with E-state index in [-0.39, 0.29) is 5.56 Å². The van der Waals surface area contributed by atoms with Crippen LogP contribution < -0.4 is 10.9 Å². The van der Waals surface area contributed by atoms with Crippen molar-refractivity contribution in [2.45, 2.75) is 0 Å². The first-order valence-corrected chi connectivity index (χ1v) is 4.57. The first kappa shape index (κ1) is 11.4. The van der Waals surface area contributed by atoms with Crippen LogP contribution in [0.1, 0.15) is 10.4 Å². The van der Waals surface area contributed by atoms with Gasteiger partial charge >= 0.3 is 0 Å². The molecule has 6 nitrogen and oxygen atoms in total. The number of carbonyl (C=O) groups is 1.